The number of rotatable bonds is 7. The van der Waals surface area contributed by atoms with E-state index in [0.29, 0.717) is 12.8 Å². The number of aliphatic hydroxyl groups excluding tert-OH is 2. The minimum atomic E-state index is -0.354. The Bertz CT molecular complexity index is 408. The monoisotopic (exact) mass is 258 g/mol. The van der Waals surface area contributed by atoms with Crippen molar-refractivity contribution in [2.75, 3.05) is 6.61 Å². The zero-order valence-corrected chi connectivity index (χ0v) is 11.5. The molecule has 0 rings (SSSR count). The van der Waals surface area contributed by atoms with Crippen LogP contribution in [0.4, 0.5) is 0 Å². The maximum Gasteiger partial charge on any atom is 0.0723 e. The van der Waals surface area contributed by atoms with Crippen molar-refractivity contribution in [2.24, 2.45) is 0 Å². The highest BCUT2D eigenvalue weighted by Crippen LogP contribution is 1.97. The summed E-state index contributed by atoms with van der Waals surface area (Å²) >= 11 is 0. The third-order valence-corrected chi connectivity index (χ3v) is 2.11. The number of aliphatic hydroxyl groups is 2. The first-order valence-corrected chi connectivity index (χ1v) is 6.58. The molecule has 0 aliphatic carbocycles. The molecule has 2 heteroatoms. The van der Waals surface area contributed by atoms with E-state index in [0.717, 1.165) is 12.8 Å². The first-order valence-electron chi connectivity index (χ1n) is 6.58. The molecule has 0 radical (unpaired) electrons. The summed E-state index contributed by atoms with van der Waals surface area (Å²) in [6.45, 7) is 2.22. The van der Waals surface area contributed by atoms with E-state index in [-0.39, 0.29) is 12.7 Å². The summed E-state index contributed by atoms with van der Waals surface area (Å²) in [6.07, 6.45) is 13.6. The first kappa shape index (κ1) is 17.3. The molecule has 0 heterocycles. The summed E-state index contributed by atoms with van der Waals surface area (Å²) in [7, 11) is 0. The normalized spacial score (nSPS) is 12.4. The molecule has 102 valence electrons. The highest BCUT2D eigenvalue weighted by Gasteiger charge is 1.92. The number of unbranched alkanes of at least 4 members (excludes halogenated alkanes) is 1. The molecule has 19 heavy (non-hydrogen) atoms. The topological polar surface area (TPSA) is 40.5 Å². The maximum absolute atomic E-state index is 9.42. The molecular weight excluding hydrogens is 236 g/mol. The average Bonchev–Trinajstić information content (AvgIpc) is 2.40. The molecule has 0 bridgehead atoms. The molecule has 2 N–H and O–H groups in total. The second kappa shape index (κ2) is 14.3. The van der Waals surface area contributed by atoms with Crippen molar-refractivity contribution < 1.29 is 10.2 Å². The van der Waals surface area contributed by atoms with Gasteiger partial charge >= 0.3 is 0 Å². The van der Waals surface area contributed by atoms with E-state index in [1.807, 2.05) is 31.2 Å². The van der Waals surface area contributed by atoms with Crippen LogP contribution in [0.3, 0.4) is 0 Å². The SMILES string of the molecule is CCC[C@@H](O)C=CC=CC=CC#CC#CCCCO. The molecule has 0 saturated heterocycles. The van der Waals surface area contributed by atoms with Crippen LogP contribution in [0.5, 0.6) is 0 Å². The zero-order valence-electron chi connectivity index (χ0n) is 11.5. The van der Waals surface area contributed by atoms with Crippen LogP contribution >= 0.6 is 0 Å². The number of hydrogen-bond acceptors (Lipinski definition) is 2. The van der Waals surface area contributed by atoms with Gasteiger partial charge in [-0.05, 0) is 30.8 Å². The molecule has 0 aromatic rings. The smallest absolute Gasteiger partial charge is 0.0723 e. The lowest BCUT2D eigenvalue weighted by Crippen LogP contribution is -1.99. The summed E-state index contributed by atoms with van der Waals surface area (Å²) in [6, 6.07) is 0. The van der Waals surface area contributed by atoms with Crippen molar-refractivity contribution in [3.8, 4) is 23.7 Å². The predicted octanol–water partition coefficient (Wildman–Crippen LogP) is 2.60. The lowest BCUT2D eigenvalue weighted by Gasteiger charge is -1.99. The largest absolute Gasteiger partial charge is 0.396 e. The third kappa shape index (κ3) is 14.2. The average molecular weight is 258 g/mol. The maximum atomic E-state index is 9.42. The first-order chi connectivity index (χ1) is 9.31. The lowest BCUT2D eigenvalue weighted by molar-refractivity contribution is 0.211. The lowest BCUT2D eigenvalue weighted by atomic mass is 10.2. The molecule has 0 aromatic carbocycles. The van der Waals surface area contributed by atoms with E-state index in [1.165, 1.54) is 0 Å². The molecule has 0 spiro atoms. The summed E-state index contributed by atoms with van der Waals surface area (Å²) in [5, 5.41) is 17.9. The highest BCUT2D eigenvalue weighted by atomic mass is 16.3. The molecule has 0 amide bonds. The van der Waals surface area contributed by atoms with Crippen molar-refractivity contribution in [2.45, 2.75) is 38.7 Å². The Morgan fingerprint density at radius 2 is 1.89 bits per heavy atom. The summed E-state index contributed by atoms with van der Waals surface area (Å²) in [5.74, 6) is 11.0. The fourth-order valence-electron chi connectivity index (χ4n) is 1.17. The van der Waals surface area contributed by atoms with Crippen LogP contribution in [0.1, 0.15) is 32.6 Å². The van der Waals surface area contributed by atoms with E-state index in [2.05, 4.69) is 23.7 Å². The molecule has 0 aromatic heterocycles. The molecule has 1 atom stereocenters. The molecule has 2 nitrogen and oxygen atoms in total. The fraction of sp³-hybridized carbons (Fsp3) is 0.412. The van der Waals surface area contributed by atoms with Crippen molar-refractivity contribution >= 4 is 0 Å². The Labute approximate surface area is 116 Å². The van der Waals surface area contributed by atoms with Gasteiger partial charge in [0, 0.05) is 13.0 Å². The minimum absolute atomic E-state index is 0.174. The van der Waals surface area contributed by atoms with Gasteiger partial charge in [0.15, 0.2) is 0 Å². The van der Waals surface area contributed by atoms with E-state index in [4.69, 9.17) is 5.11 Å². The van der Waals surface area contributed by atoms with Crippen molar-refractivity contribution in [3.05, 3.63) is 36.5 Å². The van der Waals surface area contributed by atoms with Gasteiger partial charge in [-0.1, -0.05) is 55.6 Å². The molecule has 0 aliphatic rings. The summed E-state index contributed by atoms with van der Waals surface area (Å²) in [4.78, 5) is 0. The van der Waals surface area contributed by atoms with E-state index >= 15 is 0 Å². The van der Waals surface area contributed by atoms with E-state index < -0.39 is 0 Å². The van der Waals surface area contributed by atoms with Crippen LogP contribution in [0.15, 0.2) is 36.5 Å². The van der Waals surface area contributed by atoms with Crippen molar-refractivity contribution in [1.29, 1.82) is 0 Å². The predicted molar refractivity (Wildman–Crippen MR) is 80.2 cm³/mol. The van der Waals surface area contributed by atoms with Gasteiger partial charge in [-0.25, -0.2) is 0 Å². The van der Waals surface area contributed by atoms with Crippen LogP contribution < -0.4 is 0 Å². The standard InChI is InChI=1S/C17H22O2/c1-2-14-17(19)15-12-10-8-6-4-3-5-7-9-11-13-16-18/h4,6,8,10,12,15,17-19H,2,11,13-14,16H2,1H3/t17-/m1/s1. The van der Waals surface area contributed by atoms with Crippen LogP contribution in [-0.4, -0.2) is 22.9 Å². The number of hydrogen-bond donors (Lipinski definition) is 2. The Kier molecular flexibility index (Phi) is 13.0. The van der Waals surface area contributed by atoms with Crippen LogP contribution in [-0.2, 0) is 0 Å². The van der Waals surface area contributed by atoms with Gasteiger partial charge in [0.1, 0.15) is 0 Å². The quantitative estimate of drug-likeness (QED) is 0.418. The second-order valence-corrected chi connectivity index (χ2v) is 3.88. The van der Waals surface area contributed by atoms with Gasteiger partial charge in [0.05, 0.1) is 6.10 Å². The molecular formula is C17H22O2. The summed E-state index contributed by atoms with van der Waals surface area (Å²) in [5.41, 5.74) is 0. The second-order valence-electron chi connectivity index (χ2n) is 3.88. The van der Waals surface area contributed by atoms with E-state index in [9.17, 15) is 5.11 Å². The van der Waals surface area contributed by atoms with Crippen molar-refractivity contribution in [3.63, 3.8) is 0 Å². The van der Waals surface area contributed by atoms with Gasteiger partial charge in [-0.15, -0.1) is 0 Å². The Morgan fingerprint density at radius 3 is 2.63 bits per heavy atom. The van der Waals surface area contributed by atoms with Gasteiger partial charge in [-0.2, -0.15) is 0 Å². The van der Waals surface area contributed by atoms with E-state index in [1.54, 1.807) is 12.2 Å². The Balaban J connectivity index is 3.83. The van der Waals surface area contributed by atoms with Crippen LogP contribution in [0, 0.1) is 23.7 Å². The van der Waals surface area contributed by atoms with Crippen molar-refractivity contribution in [1.82, 2.24) is 0 Å². The Morgan fingerprint density at radius 1 is 1.11 bits per heavy atom. The molecule has 0 unspecified atom stereocenters. The van der Waals surface area contributed by atoms with Gasteiger partial charge in [-0.3, -0.25) is 0 Å². The minimum Gasteiger partial charge on any atom is -0.396 e. The van der Waals surface area contributed by atoms with Crippen LogP contribution in [0.2, 0.25) is 0 Å². The molecule has 0 saturated carbocycles. The number of allylic oxidation sites excluding steroid dienone is 5. The van der Waals surface area contributed by atoms with Gasteiger partial charge < -0.3 is 10.2 Å². The zero-order chi connectivity index (χ0) is 14.2. The Hall–Kier alpha value is -1.74. The fourth-order valence-corrected chi connectivity index (χ4v) is 1.17. The molecule has 0 fully saturated rings. The van der Waals surface area contributed by atoms with Gasteiger partial charge in [0.25, 0.3) is 0 Å². The summed E-state index contributed by atoms with van der Waals surface area (Å²) < 4.78 is 0. The third-order valence-electron chi connectivity index (χ3n) is 2.11. The highest BCUT2D eigenvalue weighted by molar-refractivity contribution is 5.32. The van der Waals surface area contributed by atoms with Gasteiger partial charge in [0.2, 0.25) is 0 Å². The molecule has 0 aliphatic heterocycles. The van der Waals surface area contributed by atoms with Crippen LogP contribution in [0.25, 0.3) is 0 Å².